The van der Waals surface area contributed by atoms with Gasteiger partial charge in [-0.05, 0) is 136 Å². The molecule has 0 saturated carbocycles. The standard InChI is InChI=1S/C41H46O6S2.C13H10/c1-27-23-31(24-28(2)39(27)46-19-17-44-37(42)15-9-21-48)41(35-13-7-5-11-33(35)34-12-6-8-14-36(34)41)32-25-29(3)40(30(4)26-32)47-20-18-45-38(43)16-10-22-49;1-3-7-12-10(5-1)9-11-6-2-4-8-13(11)12/h5-8,11-14,23-26,48-49H,9-10,15-22H2,1-4H3;1-8H,9H2. The average Bonchev–Trinajstić information content (AvgIpc) is 3.81. The zero-order valence-corrected chi connectivity index (χ0v) is 38.0. The first kappa shape index (κ1) is 44.6. The molecule has 0 fully saturated rings. The Morgan fingerprint density at radius 1 is 0.500 bits per heavy atom. The van der Waals surface area contributed by atoms with Crippen molar-refractivity contribution in [3.8, 4) is 33.8 Å². The third kappa shape index (κ3) is 9.47. The molecule has 62 heavy (non-hydrogen) atoms. The number of ether oxygens (including phenoxy) is 4. The number of thiol groups is 2. The van der Waals surface area contributed by atoms with Crippen molar-refractivity contribution in [2.75, 3.05) is 37.9 Å². The summed E-state index contributed by atoms with van der Waals surface area (Å²) in [6.45, 7) is 9.24. The Morgan fingerprint density at radius 3 is 1.24 bits per heavy atom. The molecule has 0 aromatic heterocycles. The molecule has 2 aliphatic rings. The van der Waals surface area contributed by atoms with Crippen molar-refractivity contribution in [2.45, 2.75) is 65.2 Å². The lowest BCUT2D eigenvalue weighted by Gasteiger charge is -2.35. The number of benzene rings is 6. The molecule has 8 rings (SSSR count). The maximum Gasteiger partial charge on any atom is 0.305 e. The molecule has 0 spiro atoms. The van der Waals surface area contributed by atoms with Gasteiger partial charge in [0.25, 0.3) is 0 Å². The summed E-state index contributed by atoms with van der Waals surface area (Å²) in [4.78, 5) is 23.9. The molecule has 0 radical (unpaired) electrons. The van der Waals surface area contributed by atoms with Gasteiger partial charge >= 0.3 is 11.9 Å². The highest BCUT2D eigenvalue weighted by Gasteiger charge is 2.46. The fraction of sp³-hybridized carbons (Fsp3) is 0.296. The molecule has 2 aliphatic carbocycles. The van der Waals surface area contributed by atoms with E-state index in [1.165, 1.54) is 44.5 Å². The van der Waals surface area contributed by atoms with Crippen molar-refractivity contribution in [1.82, 2.24) is 0 Å². The first-order chi connectivity index (χ1) is 30.2. The number of hydrogen-bond donors (Lipinski definition) is 2. The average molecular weight is 865 g/mol. The fourth-order valence-electron chi connectivity index (χ4n) is 9.08. The molecule has 8 heteroatoms. The van der Waals surface area contributed by atoms with E-state index in [0.29, 0.717) is 37.2 Å². The van der Waals surface area contributed by atoms with Gasteiger partial charge in [0.05, 0.1) is 5.41 Å². The van der Waals surface area contributed by atoms with Crippen LogP contribution in [0.4, 0.5) is 0 Å². The third-order valence-corrected chi connectivity index (χ3v) is 12.3. The zero-order chi connectivity index (χ0) is 43.6. The van der Waals surface area contributed by atoms with E-state index >= 15 is 0 Å². The summed E-state index contributed by atoms with van der Waals surface area (Å²) in [5, 5.41) is 0. The second kappa shape index (κ2) is 20.6. The molecule has 0 amide bonds. The van der Waals surface area contributed by atoms with Gasteiger partial charge < -0.3 is 18.9 Å². The monoisotopic (exact) mass is 864 g/mol. The van der Waals surface area contributed by atoms with Crippen LogP contribution < -0.4 is 9.47 Å². The topological polar surface area (TPSA) is 71.1 Å². The van der Waals surface area contributed by atoms with Crippen LogP contribution in [-0.4, -0.2) is 49.9 Å². The Balaban J connectivity index is 0.000000373. The Labute approximate surface area is 377 Å². The Hall–Kier alpha value is -5.44. The van der Waals surface area contributed by atoms with Crippen LogP contribution in [0.1, 0.15) is 81.3 Å². The van der Waals surface area contributed by atoms with E-state index in [1.807, 2.05) is 0 Å². The molecule has 0 atom stereocenters. The number of esters is 2. The van der Waals surface area contributed by atoms with Crippen LogP contribution in [-0.2, 0) is 30.9 Å². The molecule has 6 nitrogen and oxygen atoms in total. The fourth-order valence-corrected chi connectivity index (χ4v) is 9.40. The minimum Gasteiger partial charge on any atom is -0.489 e. The van der Waals surface area contributed by atoms with Crippen LogP contribution in [0.15, 0.2) is 121 Å². The summed E-state index contributed by atoms with van der Waals surface area (Å²) in [7, 11) is 0. The second-order valence-electron chi connectivity index (χ2n) is 16.0. The summed E-state index contributed by atoms with van der Waals surface area (Å²) >= 11 is 8.33. The van der Waals surface area contributed by atoms with Gasteiger partial charge in [0.15, 0.2) is 0 Å². The van der Waals surface area contributed by atoms with Crippen LogP contribution in [0.2, 0.25) is 0 Å². The summed E-state index contributed by atoms with van der Waals surface area (Å²) in [5.74, 6) is 2.44. The molecule has 6 aromatic rings. The van der Waals surface area contributed by atoms with Crippen LogP contribution in [0.25, 0.3) is 22.3 Å². The van der Waals surface area contributed by atoms with Crippen molar-refractivity contribution in [2.24, 2.45) is 0 Å². The molecule has 0 aliphatic heterocycles. The van der Waals surface area contributed by atoms with E-state index in [-0.39, 0.29) is 38.4 Å². The Kier molecular flexibility index (Phi) is 14.8. The van der Waals surface area contributed by atoms with Gasteiger partial charge in [-0.25, -0.2) is 0 Å². The van der Waals surface area contributed by atoms with Crippen LogP contribution in [0, 0.1) is 27.7 Å². The van der Waals surface area contributed by atoms with Crippen molar-refractivity contribution >= 4 is 37.2 Å². The highest BCUT2D eigenvalue weighted by molar-refractivity contribution is 7.80. The number of carbonyl (C=O) groups excluding carboxylic acids is 2. The highest BCUT2D eigenvalue weighted by atomic mass is 32.1. The molecular formula is C54H56O6S2. The minimum absolute atomic E-state index is 0.197. The maximum atomic E-state index is 12.0. The quantitative estimate of drug-likeness (QED) is 0.0573. The highest BCUT2D eigenvalue weighted by Crippen LogP contribution is 2.57. The number of aryl methyl sites for hydroxylation is 4. The minimum atomic E-state index is -0.597. The van der Waals surface area contributed by atoms with Crippen molar-refractivity contribution < 1.29 is 28.5 Å². The van der Waals surface area contributed by atoms with E-state index in [0.717, 1.165) is 51.3 Å². The number of rotatable bonds is 16. The largest absolute Gasteiger partial charge is 0.489 e. The van der Waals surface area contributed by atoms with E-state index in [1.54, 1.807) is 0 Å². The number of carbonyl (C=O) groups is 2. The van der Waals surface area contributed by atoms with Gasteiger partial charge in [0.2, 0.25) is 0 Å². The molecule has 0 unspecified atom stereocenters. The summed E-state index contributed by atoms with van der Waals surface area (Å²) < 4.78 is 23.1. The molecule has 0 heterocycles. The molecule has 6 aromatic carbocycles. The van der Waals surface area contributed by atoms with Gasteiger partial charge in [-0.1, -0.05) is 121 Å². The molecule has 0 saturated heterocycles. The van der Waals surface area contributed by atoms with Crippen molar-refractivity contribution in [1.29, 1.82) is 0 Å². The van der Waals surface area contributed by atoms with E-state index < -0.39 is 5.41 Å². The van der Waals surface area contributed by atoms with Gasteiger partial charge in [0, 0.05) is 12.8 Å². The third-order valence-electron chi connectivity index (χ3n) is 11.7. The SMILES string of the molecule is Cc1cc(C2(c3cc(C)c(OCCOC(=O)CCCS)c(C)c3)c3ccccc3-c3ccccc32)cc(C)c1OCCOC(=O)CCCS.c1ccc2c(c1)Cc1ccccc1-2. The molecule has 0 N–H and O–H groups in total. The lowest BCUT2D eigenvalue weighted by atomic mass is 9.66. The van der Waals surface area contributed by atoms with Gasteiger partial charge in [0.1, 0.15) is 37.9 Å². The number of fused-ring (bicyclic) bond motifs is 6. The van der Waals surface area contributed by atoms with Gasteiger partial charge in [-0.15, -0.1) is 0 Å². The predicted molar refractivity (Wildman–Crippen MR) is 256 cm³/mol. The molecular weight excluding hydrogens is 809 g/mol. The van der Waals surface area contributed by atoms with E-state index in [9.17, 15) is 9.59 Å². The van der Waals surface area contributed by atoms with Crippen LogP contribution >= 0.6 is 25.3 Å². The Bertz CT molecular complexity index is 2320. The van der Waals surface area contributed by atoms with Crippen molar-refractivity contribution in [3.05, 3.63) is 177 Å². The lowest BCUT2D eigenvalue weighted by Crippen LogP contribution is -2.29. The smallest absolute Gasteiger partial charge is 0.305 e. The van der Waals surface area contributed by atoms with E-state index in [2.05, 4.69) is 174 Å². The Morgan fingerprint density at radius 2 is 0.855 bits per heavy atom. The predicted octanol–water partition coefficient (Wildman–Crippen LogP) is 11.8. The summed E-state index contributed by atoms with van der Waals surface area (Å²) in [6, 6.07) is 43.6. The van der Waals surface area contributed by atoms with Crippen LogP contribution in [0.3, 0.4) is 0 Å². The second-order valence-corrected chi connectivity index (χ2v) is 16.9. The lowest BCUT2D eigenvalue weighted by molar-refractivity contribution is -0.145. The first-order valence-corrected chi connectivity index (χ1v) is 22.8. The summed E-state index contributed by atoms with van der Waals surface area (Å²) in [6.07, 6.45) is 3.21. The summed E-state index contributed by atoms with van der Waals surface area (Å²) in [5.41, 5.74) is 16.3. The van der Waals surface area contributed by atoms with Gasteiger partial charge in [-0.2, -0.15) is 25.3 Å². The number of hydrogen-bond acceptors (Lipinski definition) is 8. The van der Waals surface area contributed by atoms with Crippen molar-refractivity contribution in [3.63, 3.8) is 0 Å². The zero-order valence-electron chi connectivity index (χ0n) is 36.2. The first-order valence-electron chi connectivity index (χ1n) is 21.5. The van der Waals surface area contributed by atoms with E-state index in [4.69, 9.17) is 18.9 Å². The normalized spacial score (nSPS) is 12.5. The molecule has 320 valence electrons. The van der Waals surface area contributed by atoms with Crippen LogP contribution in [0.5, 0.6) is 11.5 Å². The molecule has 0 bridgehead atoms. The maximum absolute atomic E-state index is 12.0. The van der Waals surface area contributed by atoms with Gasteiger partial charge in [-0.3, -0.25) is 9.59 Å².